The highest BCUT2D eigenvalue weighted by molar-refractivity contribution is 7.19. The first kappa shape index (κ1) is 43.6. The maximum absolute atomic E-state index is 12.0. The number of ether oxygens (including phenoxy) is 3. The number of halogens is 1. The van der Waals surface area contributed by atoms with Crippen molar-refractivity contribution in [3.63, 3.8) is 0 Å². The maximum Gasteiger partial charge on any atom is 0.306 e. The molecule has 0 radical (unpaired) electrons. The number of aryl methyl sites for hydroxylation is 4. The highest BCUT2D eigenvalue weighted by Gasteiger charge is 2.28. The van der Waals surface area contributed by atoms with Gasteiger partial charge in [-0.3, -0.25) is 4.79 Å². The van der Waals surface area contributed by atoms with Gasteiger partial charge in [0.15, 0.2) is 0 Å². The maximum atomic E-state index is 12.0. The third kappa shape index (κ3) is 12.0. The highest BCUT2D eigenvalue weighted by atomic mass is 35.5. The van der Waals surface area contributed by atoms with Crippen LogP contribution in [0.2, 0.25) is 0 Å². The lowest BCUT2D eigenvalue weighted by molar-refractivity contribution is -0.156. The summed E-state index contributed by atoms with van der Waals surface area (Å²) in [5.41, 5.74) is 7.97. The van der Waals surface area contributed by atoms with E-state index in [0.29, 0.717) is 31.2 Å². The van der Waals surface area contributed by atoms with E-state index in [-0.39, 0.29) is 45.4 Å². The Bertz CT molecular complexity index is 1640. The standard InChI is InChI=1S/C20H28N2O3S.C14H19N3OS.C2H6.2CH4.ClH/c1-12-13(2)26-19-17(12)18(21-11-22-19)24-15-8-6-14(7-9-15)10-16(23)25-20(3,4)5;1-8-9(2)19-14-12(8)13(16-7-17-14)18-11-5-3-10(15)4-6-11;1-2;;;/h11,14-15H,6-10H2,1-5H3;7,10-11H,3-6,15H2,1-2H3;1-2H3;2*1H4;1H/i;;1D;;;. The summed E-state index contributed by atoms with van der Waals surface area (Å²) in [4.78, 5) is 34.0. The van der Waals surface area contributed by atoms with Gasteiger partial charge in [-0.1, -0.05) is 28.7 Å². The zero-order chi connectivity index (χ0) is 35.0. The molecule has 0 amide bonds. The van der Waals surface area contributed by atoms with E-state index in [1.165, 1.54) is 20.9 Å². The lowest BCUT2D eigenvalue weighted by Crippen LogP contribution is -2.31. The van der Waals surface area contributed by atoms with Crippen molar-refractivity contribution in [3.8, 4) is 11.8 Å². The van der Waals surface area contributed by atoms with Crippen LogP contribution in [0, 0.1) is 33.6 Å². The third-order valence-electron chi connectivity index (χ3n) is 8.81. The van der Waals surface area contributed by atoms with Gasteiger partial charge in [-0.15, -0.1) is 35.1 Å². The highest BCUT2D eigenvalue weighted by Crippen LogP contribution is 2.37. The summed E-state index contributed by atoms with van der Waals surface area (Å²) >= 11 is 3.39. The molecule has 0 aromatic carbocycles. The molecule has 12 heteroatoms. The molecule has 2 aliphatic rings. The Hall–Kier alpha value is -2.60. The van der Waals surface area contributed by atoms with Gasteiger partial charge in [-0.2, -0.15) is 0 Å². The van der Waals surface area contributed by atoms with Crippen molar-refractivity contribution in [2.75, 3.05) is 0 Å². The van der Waals surface area contributed by atoms with Gasteiger partial charge >= 0.3 is 5.97 Å². The molecule has 4 aromatic heterocycles. The molecule has 0 aliphatic heterocycles. The lowest BCUT2D eigenvalue weighted by Gasteiger charge is -2.29. The molecular weight excluding hydrogens is 690 g/mol. The summed E-state index contributed by atoms with van der Waals surface area (Å²) in [6.45, 7) is 16.5. The van der Waals surface area contributed by atoms with Gasteiger partial charge in [-0.05, 0) is 117 Å². The molecule has 9 nitrogen and oxygen atoms in total. The number of aromatic nitrogens is 4. The molecule has 4 aromatic rings. The lowest BCUT2D eigenvalue weighted by atomic mass is 9.85. The first-order valence-electron chi connectivity index (χ1n) is 17.5. The van der Waals surface area contributed by atoms with Crippen LogP contribution in [0.15, 0.2) is 12.7 Å². The van der Waals surface area contributed by atoms with Gasteiger partial charge < -0.3 is 19.9 Å². The fourth-order valence-electron chi connectivity index (χ4n) is 6.07. The van der Waals surface area contributed by atoms with Crippen LogP contribution in [-0.4, -0.2) is 49.8 Å². The average Bonchev–Trinajstić information content (AvgIpc) is 3.49. The summed E-state index contributed by atoms with van der Waals surface area (Å²) in [6.07, 6.45) is 12.1. The van der Waals surface area contributed by atoms with Crippen LogP contribution in [0.5, 0.6) is 11.8 Å². The van der Waals surface area contributed by atoms with Crippen molar-refractivity contribution in [1.82, 2.24) is 19.9 Å². The van der Waals surface area contributed by atoms with E-state index in [1.807, 2.05) is 20.8 Å². The molecule has 2 saturated carbocycles. The second kappa shape index (κ2) is 20.4. The average molecular weight is 754 g/mol. The Morgan fingerprint density at radius 3 is 1.60 bits per heavy atom. The van der Waals surface area contributed by atoms with Gasteiger partial charge in [0, 0.05) is 23.6 Å². The number of hydrogen-bond donors (Lipinski definition) is 1. The molecular formula is C38H62ClN5O4S2. The summed E-state index contributed by atoms with van der Waals surface area (Å²) in [7, 11) is 0. The van der Waals surface area contributed by atoms with Crippen molar-refractivity contribution < 1.29 is 20.4 Å². The number of carbonyl (C=O) groups is 1. The van der Waals surface area contributed by atoms with E-state index in [1.54, 1.807) is 42.3 Å². The van der Waals surface area contributed by atoms with E-state index in [0.717, 1.165) is 77.7 Å². The predicted molar refractivity (Wildman–Crippen MR) is 214 cm³/mol. The van der Waals surface area contributed by atoms with Gasteiger partial charge in [0.2, 0.25) is 11.8 Å². The smallest absolute Gasteiger partial charge is 0.306 e. The van der Waals surface area contributed by atoms with Crippen molar-refractivity contribution in [3.05, 3.63) is 33.5 Å². The van der Waals surface area contributed by atoms with Crippen molar-refractivity contribution in [1.29, 1.82) is 0 Å². The number of rotatable bonds is 6. The molecule has 2 aliphatic carbocycles. The molecule has 2 fully saturated rings. The first-order chi connectivity index (χ1) is 22.8. The number of esters is 1. The summed E-state index contributed by atoms with van der Waals surface area (Å²) < 4.78 is 24.0. The van der Waals surface area contributed by atoms with E-state index >= 15 is 0 Å². The second-order valence-electron chi connectivity index (χ2n) is 13.5. The number of hydrogen-bond acceptors (Lipinski definition) is 11. The van der Waals surface area contributed by atoms with Gasteiger partial charge in [0.1, 0.15) is 40.1 Å². The van der Waals surface area contributed by atoms with Crippen LogP contribution < -0.4 is 15.2 Å². The molecule has 50 heavy (non-hydrogen) atoms. The molecule has 0 atom stereocenters. The van der Waals surface area contributed by atoms with Crippen LogP contribution in [0.1, 0.15) is 129 Å². The minimum absolute atomic E-state index is 0. The van der Waals surface area contributed by atoms with E-state index in [4.69, 9.17) is 21.3 Å². The minimum atomic E-state index is -0.410. The monoisotopic (exact) mass is 752 g/mol. The molecule has 282 valence electrons. The second-order valence-corrected chi connectivity index (χ2v) is 15.9. The van der Waals surface area contributed by atoms with Gasteiger partial charge in [0.05, 0.1) is 10.8 Å². The number of nitrogens with two attached hydrogens (primary N) is 1. The predicted octanol–water partition coefficient (Wildman–Crippen LogP) is 10.7. The topological polar surface area (TPSA) is 122 Å². The Morgan fingerprint density at radius 2 is 1.20 bits per heavy atom. The van der Waals surface area contributed by atoms with Crippen LogP contribution in [0.3, 0.4) is 0 Å². The molecule has 2 N–H and O–H groups in total. The van der Waals surface area contributed by atoms with Crippen molar-refractivity contribution in [2.24, 2.45) is 11.7 Å². The Balaban J connectivity index is 0.000000464. The Labute approximate surface area is 316 Å². The summed E-state index contributed by atoms with van der Waals surface area (Å²) in [5.74, 6) is 1.74. The number of carbonyl (C=O) groups excluding carboxylic acids is 1. The van der Waals surface area contributed by atoms with Crippen LogP contribution in [0.25, 0.3) is 20.4 Å². The normalized spacial score (nSPS) is 20.3. The third-order valence-corrected chi connectivity index (χ3v) is 11.0. The summed E-state index contributed by atoms with van der Waals surface area (Å²) in [6, 6.07) is 0.343. The van der Waals surface area contributed by atoms with Crippen molar-refractivity contribution in [2.45, 2.75) is 159 Å². The van der Waals surface area contributed by atoms with E-state index < -0.39 is 5.60 Å². The molecule has 4 heterocycles. The van der Waals surface area contributed by atoms with Crippen molar-refractivity contribution >= 4 is 61.5 Å². The number of nitrogens with zero attached hydrogens (tertiary/aromatic N) is 4. The Morgan fingerprint density at radius 1 is 0.800 bits per heavy atom. The summed E-state index contributed by atoms with van der Waals surface area (Å²) in [5, 5.41) is 2.13. The SMILES string of the molecule is C.C.Cc1sc2ncnc(OC3CCC(CC(=O)OC(C)(C)C)CC3)c2c1C.Cc1sc2ncnc(OC3CCC(N)CC3)c2c1C.Cl.[2H]CC. The minimum Gasteiger partial charge on any atom is -0.474 e. The molecule has 0 spiro atoms. The van der Waals surface area contributed by atoms with Crippen LogP contribution >= 0.6 is 35.1 Å². The van der Waals surface area contributed by atoms with Gasteiger partial charge in [0.25, 0.3) is 0 Å². The Kier molecular flexibility index (Phi) is 17.8. The fourth-order valence-corrected chi connectivity index (χ4v) is 8.05. The van der Waals surface area contributed by atoms with E-state index in [2.05, 4.69) is 47.6 Å². The number of fused-ring (bicyclic) bond motifs is 2. The van der Waals surface area contributed by atoms with Crippen LogP contribution in [0.4, 0.5) is 0 Å². The molecule has 0 bridgehead atoms. The molecule has 6 rings (SSSR count). The zero-order valence-electron chi connectivity index (χ0n) is 30.8. The van der Waals surface area contributed by atoms with E-state index in [9.17, 15) is 4.79 Å². The first-order valence-corrected chi connectivity index (χ1v) is 18.4. The molecule has 0 unspecified atom stereocenters. The van der Waals surface area contributed by atoms with Crippen LogP contribution in [-0.2, 0) is 9.53 Å². The zero-order valence-corrected chi connectivity index (χ0v) is 32.2. The number of thiophene rings is 2. The quantitative estimate of drug-likeness (QED) is 0.192. The largest absolute Gasteiger partial charge is 0.474 e. The van der Waals surface area contributed by atoms with Gasteiger partial charge in [-0.25, -0.2) is 19.9 Å². The fraction of sp³-hybridized carbons (Fsp3) is 0.658. The molecule has 0 saturated heterocycles.